The van der Waals surface area contributed by atoms with Crippen LogP contribution in [0.5, 0.6) is 0 Å². The maximum Gasteiger partial charge on any atom is 0.472 e. The van der Waals surface area contributed by atoms with Crippen LogP contribution in [0.25, 0.3) is 0 Å². The Hall–Kier alpha value is -2.04. The number of carboxylic acids is 1. The van der Waals surface area contributed by atoms with E-state index in [0.29, 0.717) is 6.42 Å². The lowest BCUT2D eigenvalue weighted by atomic mass is 10.1. The molecular weight excluding hydrogens is 565 g/mol. The molecule has 0 spiro atoms. The van der Waals surface area contributed by atoms with Crippen LogP contribution in [0.3, 0.4) is 0 Å². The van der Waals surface area contributed by atoms with Gasteiger partial charge in [0.2, 0.25) is 5.91 Å². The SMILES string of the molecule is CCCCCC/C=C\C/C=C\CCCCCCCCCC(=O)NC(COP(=O)(O)OCC(O)COC(=O)CC)C(=O)O. The number of amides is 1. The van der Waals surface area contributed by atoms with Gasteiger partial charge in [0.25, 0.3) is 0 Å². The Balaban J connectivity index is 3.92. The Morgan fingerprint density at radius 3 is 1.90 bits per heavy atom. The van der Waals surface area contributed by atoms with Crippen molar-refractivity contribution in [3.05, 3.63) is 24.3 Å². The Morgan fingerprint density at radius 2 is 1.33 bits per heavy atom. The van der Waals surface area contributed by atoms with Crippen molar-refractivity contribution in [1.82, 2.24) is 5.32 Å². The van der Waals surface area contributed by atoms with Crippen molar-refractivity contribution in [2.24, 2.45) is 0 Å². The zero-order valence-electron chi connectivity index (χ0n) is 25.5. The maximum atomic E-state index is 12.1. The summed E-state index contributed by atoms with van der Waals surface area (Å²) in [6.07, 6.45) is 23.4. The molecule has 0 radical (unpaired) electrons. The Labute approximate surface area is 251 Å². The summed E-state index contributed by atoms with van der Waals surface area (Å²) in [6.45, 7) is 1.88. The number of unbranched alkanes of at least 4 members (excludes halogenated alkanes) is 11. The minimum absolute atomic E-state index is 0.105. The summed E-state index contributed by atoms with van der Waals surface area (Å²) in [7, 11) is -4.72. The third-order valence-corrected chi connectivity index (χ3v) is 7.25. The van der Waals surface area contributed by atoms with Crippen LogP contribution in [-0.4, -0.2) is 64.9 Å². The highest BCUT2D eigenvalue weighted by Gasteiger charge is 2.28. The molecule has 3 unspecified atom stereocenters. The number of nitrogens with one attached hydrogen (secondary N) is 1. The number of phosphoric ester groups is 1. The van der Waals surface area contributed by atoms with Crippen molar-refractivity contribution in [3.63, 3.8) is 0 Å². The minimum Gasteiger partial charge on any atom is -0.480 e. The fourth-order valence-corrected chi connectivity index (χ4v) is 4.57. The van der Waals surface area contributed by atoms with E-state index < -0.39 is 57.6 Å². The molecule has 0 aromatic heterocycles. The molecule has 0 saturated heterocycles. The molecular formula is C30H54NO10P. The van der Waals surface area contributed by atoms with Gasteiger partial charge >= 0.3 is 19.8 Å². The lowest BCUT2D eigenvalue weighted by Gasteiger charge is -2.18. The number of carbonyl (C=O) groups excluding carboxylic acids is 2. The van der Waals surface area contributed by atoms with Crippen LogP contribution in [0, 0.1) is 0 Å². The molecule has 4 N–H and O–H groups in total. The predicted molar refractivity (Wildman–Crippen MR) is 162 cm³/mol. The van der Waals surface area contributed by atoms with Crippen LogP contribution >= 0.6 is 7.82 Å². The fourth-order valence-electron chi connectivity index (χ4n) is 3.79. The molecule has 0 fully saturated rings. The monoisotopic (exact) mass is 619 g/mol. The number of esters is 1. The van der Waals surface area contributed by atoms with Crippen molar-refractivity contribution in [3.8, 4) is 0 Å². The second-order valence-electron chi connectivity index (χ2n) is 10.3. The molecule has 11 nitrogen and oxygen atoms in total. The van der Waals surface area contributed by atoms with Crippen molar-refractivity contribution in [2.45, 2.75) is 129 Å². The molecule has 1 amide bonds. The van der Waals surface area contributed by atoms with Gasteiger partial charge < -0.3 is 25.2 Å². The number of phosphoric acid groups is 1. The lowest BCUT2D eigenvalue weighted by molar-refractivity contribution is -0.146. The van der Waals surface area contributed by atoms with E-state index in [1.807, 2.05) is 0 Å². The van der Waals surface area contributed by atoms with Gasteiger partial charge in [0, 0.05) is 12.8 Å². The first-order chi connectivity index (χ1) is 20.1. The molecule has 0 aromatic rings. The van der Waals surface area contributed by atoms with Gasteiger partial charge in [-0.3, -0.25) is 18.6 Å². The topological polar surface area (TPSA) is 169 Å². The number of carbonyl (C=O) groups is 3. The number of aliphatic hydroxyl groups excluding tert-OH is 1. The second-order valence-corrected chi connectivity index (χ2v) is 11.7. The zero-order valence-corrected chi connectivity index (χ0v) is 26.4. The molecule has 42 heavy (non-hydrogen) atoms. The molecule has 0 rings (SSSR count). The molecule has 12 heteroatoms. The minimum atomic E-state index is -4.72. The summed E-state index contributed by atoms with van der Waals surface area (Å²) >= 11 is 0. The van der Waals surface area contributed by atoms with E-state index in [9.17, 15) is 34.1 Å². The number of rotatable bonds is 28. The average molecular weight is 620 g/mol. The standard InChI is InChI=1S/C30H54NO10P/c1-3-5-6-7-8-9-10-11-12-13-14-15-16-17-18-19-20-21-22-28(33)31-27(30(35)36)25-41-42(37,38)40-24-26(32)23-39-29(34)4-2/h9-10,12-13,26-27,32H,3-8,11,14-25H2,1-2H3,(H,31,33)(H,35,36)(H,37,38)/b10-9-,13-12-. The first kappa shape index (κ1) is 40.0. The number of hydrogen-bond acceptors (Lipinski definition) is 8. The van der Waals surface area contributed by atoms with E-state index in [2.05, 4.69) is 50.3 Å². The van der Waals surface area contributed by atoms with Gasteiger partial charge in [-0.2, -0.15) is 0 Å². The zero-order chi connectivity index (χ0) is 31.5. The van der Waals surface area contributed by atoms with Gasteiger partial charge in [0.1, 0.15) is 12.7 Å². The van der Waals surface area contributed by atoms with E-state index in [-0.39, 0.29) is 12.8 Å². The number of aliphatic hydroxyl groups is 1. The number of carboxylic acid groups (broad SMARTS) is 1. The number of allylic oxidation sites excluding steroid dienone is 4. The van der Waals surface area contributed by atoms with Crippen molar-refractivity contribution >= 4 is 25.7 Å². The third kappa shape index (κ3) is 25.7. The number of hydrogen-bond donors (Lipinski definition) is 4. The van der Waals surface area contributed by atoms with Crippen LogP contribution in [0.1, 0.15) is 117 Å². The highest BCUT2D eigenvalue weighted by atomic mass is 31.2. The van der Waals surface area contributed by atoms with Gasteiger partial charge in [-0.1, -0.05) is 89.5 Å². The van der Waals surface area contributed by atoms with Crippen LogP contribution < -0.4 is 5.32 Å². The van der Waals surface area contributed by atoms with Crippen molar-refractivity contribution in [2.75, 3.05) is 19.8 Å². The van der Waals surface area contributed by atoms with E-state index in [0.717, 1.165) is 38.5 Å². The molecule has 0 aliphatic carbocycles. The molecule has 244 valence electrons. The third-order valence-electron chi connectivity index (χ3n) is 6.30. The Bertz CT molecular complexity index is 833. The smallest absolute Gasteiger partial charge is 0.472 e. The lowest BCUT2D eigenvalue weighted by Crippen LogP contribution is -2.43. The fraction of sp³-hybridized carbons (Fsp3) is 0.767. The van der Waals surface area contributed by atoms with E-state index >= 15 is 0 Å². The highest BCUT2D eigenvalue weighted by molar-refractivity contribution is 7.47. The van der Waals surface area contributed by atoms with Gasteiger partial charge in [-0.15, -0.1) is 0 Å². The molecule has 0 saturated carbocycles. The summed E-state index contributed by atoms with van der Waals surface area (Å²) in [5, 5.41) is 21.2. The van der Waals surface area contributed by atoms with Crippen LogP contribution in [0.4, 0.5) is 0 Å². The van der Waals surface area contributed by atoms with Crippen LogP contribution in [-0.2, 0) is 32.7 Å². The van der Waals surface area contributed by atoms with Crippen LogP contribution in [0.15, 0.2) is 24.3 Å². The number of aliphatic carboxylic acids is 1. The van der Waals surface area contributed by atoms with E-state index in [4.69, 9.17) is 0 Å². The molecule has 0 heterocycles. The molecule has 0 aliphatic rings. The number of ether oxygens (including phenoxy) is 1. The van der Waals surface area contributed by atoms with E-state index in [1.165, 1.54) is 44.9 Å². The molecule has 0 aliphatic heterocycles. The summed E-state index contributed by atoms with van der Waals surface area (Å²) in [4.78, 5) is 44.4. The first-order valence-corrected chi connectivity index (χ1v) is 16.9. The largest absolute Gasteiger partial charge is 0.480 e. The van der Waals surface area contributed by atoms with Gasteiger partial charge in [0.05, 0.1) is 13.2 Å². The molecule has 3 atom stereocenters. The summed E-state index contributed by atoms with van der Waals surface area (Å²) in [5.41, 5.74) is 0. The van der Waals surface area contributed by atoms with Gasteiger partial charge in [0.15, 0.2) is 6.04 Å². The normalized spacial score (nSPS) is 14.6. The summed E-state index contributed by atoms with van der Waals surface area (Å²) in [5.74, 6) is -2.48. The highest BCUT2D eigenvalue weighted by Crippen LogP contribution is 2.43. The van der Waals surface area contributed by atoms with E-state index in [1.54, 1.807) is 6.92 Å². The molecule has 0 bridgehead atoms. The van der Waals surface area contributed by atoms with Gasteiger partial charge in [-0.25, -0.2) is 9.36 Å². The second kappa shape index (κ2) is 26.6. The first-order valence-electron chi connectivity index (χ1n) is 15.4. The summed E-state index contributed by atoms with van der Waals surface area (Å²) < 4.78 is 25.9. The maximum absolute atomic E-state index is 12.1. The van der Waals surface area contributed by atoms with Crippen molar-refractivity contribution in [1.29, 1.82) is 0 Å². The molecule has 0 aromatic carbocycles. The Morgan fingerprint density at radius 1 is 0.786 bits per heavy atom. The van der Waals surface area contributed by atoms with Gasteiger partial charge in [-0.05, 0) is 38.5 Å². The Kier molecular flexibility index (Phi) is 25.3. The van der Waals surface area contributed by atoms with Crippen LogP contribution in [0.2, 0.25) is 0 Å². The quantitative estimate of drug-likeness (QED) is 0.0353. The summed E-state index contributed by atoms with van der Waals surface area (Å²) in [6, 6.07) is -1.54. The average Bonchev–Trinajstić information content (AvgIpc) is 2.96. The van der Waals surface area contributed by atoms with Crippen molar-refractivity contribution < 1.29 is 47.8 Å². The predicted octanol–water partition coefficient (Wildman–Crippen LogP) is 5.99.